The molecule has 0 aliphatic carbocycles. The van der Waals surface area contributed by atoms with Gasteiger partial charge in [-0.2, -0.15) is 0 Å². The Labute approximate surface area is 152 Å². The average molecular weight is 351 g/mol. The molecule has 0 amide bonds. The number of aryl methyl sites for hydroxylation is 3. The quantitative estimate of drug-likeness (QED) is 0.606. The van der Waals surface area contributed by atoms with E-state index in [0.717, 1.165) is 26.7 Å². The number of hydrogen-bond donors (Lipinski definition) is 0. The second-order valence-corrected chi connectivity index (χ2v) is 7.48. The normalized spacial score (nSPS) is 10.7. The first-order valence-electron chi connectivity index (χ1n) is 8.26. The van der Waals surface area contributed by atoms with Crippen molar-refractivity contribution in [2.24, 2.45) is 0 Å². The molecule has 0 saturated heterocycles. The second kappa shape index (κ2) is 7.62. The second-order valence-electron chi connectivity index (χ2n) is 6.19. The van der Waals surface area contributed by atoms with Crippen LogP contribution in [0.5, 0.6) is 0 Å². The zero-order valence-corrected chi connectivity index (χ0v) is 15.5. The Kier molecular flexibility index (Phi) is 5.29. The maximum absolute atomic E-state index is 12.3. The first-order chi connectivity index (χ1) is 12.0. The standard InChI is InChI=1S/C21H21NO2S/c1-14-4-8-17(9-5-14)13-24-20(23)12-19-21(22-16(3)25-19)18-10-6-15(2)7-11-18/h4-11H,12-13H2,1-3H3. The highest BCUT2D eigenvalue weighted by atomic mass is 32.1. The van der Waals surface area contributed by atoms with Crippen LogP contribution in [0, 0.1) is 20.8 Å². The fraction of sp³-hybridized carbons (Fsp3) is 0.238. The third kappa shape index (κ3) is 4.54. The molecular formula is C21H21NO2S. The van der Waals surface area contributed by atoms with E-state index in [9.17, 15) is 4.79 Å². The van der Waals surface area contributed by atoms with Gasteiger partial charge in [-0.15, -0.1) is 11.3 Å². The minimum atomic E-state index is -0.224. The lowest BCUT2D eigenvalue weighted by atomic mass is 10.1. The van der Waals surface area contributed by atoms with Gasteiger partial charge in [-0.3, -0.25) is 4.79 Å². The highest BCUT2D eigenvalue weighted by molar-refractivity contribution is 7.12. The molecule has 3 nitrogen and oxygen atoms in total. The highest BCUT2D eigenvalue weighted by Gasteiger charge is 2.15. The van der Waals surface area contributed by atoms with Crippen LogP contribution in [0.15, 0.2) is 48.5 Å². The Morgan fingerprint density at radius 1 is 0.960 bits per heavy atom. The molecule has 0 N–H and O–H groups in total. The predicted octanol–water partition coefficient (Wildman–Crippen LogP) is 5.02. The summed E-state index contributed by atoms with van der Waals surface area (Å²) in [5.41, 5.74) is 5.32. The van der Waals surface area contributed by atoms with E-state index in [-0.39, 0.29) is 12.4 Å². The lowest BCUT2D eigenvalue weighted by Gasteiger charge is -2.06. The number of thiazole rings is 1. The smallest absolute Gasteiger partial charge is 0.311 e. The first-order valence-corrected chi connectivity index (χ1v) is 9.07. The molecule has 0 aliphatic rings. The molecule has 3 aromatic rings. The monoisotopic (exact) mass is 351 g/mol. The fourth-order valence-corrected chi connectivity index (χ4v) is 3.50. The highest BCUT2D eigenvalue weighted by Crippen LogP contribution is 2.29. The number of carbonyl (C=O) groups excluding carboxylic acids is 1. The zero-order valence-electron chi connectivity index (χ0n) is 14.7. The van der Waals surface area contributed by atoms with Gasteiger partial charge in [0.1, 0.15) is 6.61 Å². The van der Waals surface area contributed by atoms with Crippen LogP contribution in [0.3, 0.4) is 0 Å². The molecule has 0 bridgehead atoms. The fourth-order valence-electron chi connectivity index (χ4n) is 2.56. The molecule has 1 heterocycles. The van der Waals surface area contributed by atoms with Crippen molar-refractivity contribution < 1.29 is 9.53 Å². The van der Waals surface area contributed by atoms with Crippen molar-refractivity contribution in [1.82, 2.24) is 4.98 Å². The third-order valence-electron chi connectivity index (χ3n) is 3.95. The van der Waals surface area contributed by atoms with Crippen molar-refractivity contribution in [3.05, 3.63) is 75.1 Å². The van der Waals surface area contributed by atoms with E-state index < -0.39 is 0 Å². The molecule has 0 fully saturated rings. The number of carbonyl (C=O) groups is 1. The summed E-state index contributed by atoms with van der Waals surface area (Å²) >= 11 is 1.55. The summed E-state index contributed by atoms with van der Waals surface area (Å²) in [6, 6.07) is 16.2. The summed E-state index contributed by atoms with van der Waals surface area (Å²) in [4.78, 5) is 17.8. The van der Waals surface area contributed by atoms with Crippen LogP contribution in [0.25, 0.3) is 11.3 Å². The van der Waals surface area contributed by atoms with Crippen LogP contribution in [0.4, 0.5) is 0 Å². The summed E-state index contributed by atoms with van der Waals surface area (Å²) in [6.07, 6.45) is 0.251. The number of benzene rings is 2. The van der Waals surface area contributed by atoms with Crippen molar-refractivity contribution in [2.45, 2.75) is 33.8 Å². The van der Waals surface area contributed by atoms with E-state index in [1.165, 1.54) is 11.1 Å². The topological polar surface area (TPSA) is 39.2 Å². The molecule has 0 saturated carbocycles. The molecular weight excluding hydrogens is 330 g/mol. The van der Waals surface area contributed by atoms with Crippen molar-refractivity contribution in [1.29, 1.82) is 0 Å². The van der Waals surface area contributed by atoms with Crippen molar-refractivity contribution in [2.75, 3.05) is 0 Å². The Morgan fingerprint density at radius 3 is 2.20 bits per heavy atom. The van der Waals surface area contributed by atoms with E-state index >= 15 is 0 Å². The van der Waals surface area contributed by atoms with Gasteiger partial charge in [0, 0.05) is 10.4 Å². The Hall–Kier alpha value is -2.46. The summed E-state index contributed by atoms with van der Waals surface area (Å²) in [6.45, 7) is 6.36. The zero-order chi connectivity index (χ0) is 17.8. The number of hydrogen-bond acceptors (Lipinski definition) is 4. The SMILES string of the molecule is Cc1ccc(COC(=O)Cc2sc(C)nc2-c2ccc(C)cc2)cc1. The number of aromatic nitrogens is 1. The molecule has 0 unspecified atom stereocenters. The summed E-state index contributed by atoms with van der Waals surface area (Å²) in [5.74, 6) is -0.224. The summed E-state index contributed by atoms with van der Waals surface area (Å²) in [7, 11) is 0. The number of rotatable bonds is 5. The van der Waals surface area contributed by atoms with Crippen LogP contribution in [-0.4, -0.2) is 11.0 Å². The minimum Gasteiger partial charge on any atom is -0.461 e. The molecule has 0 atom stereocenters. The maximum Gasteiger partial charge on any atom is 0.311 e. The number of esters is 1. The Morgan fingerprint density at radius 2 is 1.56 bits per heavy atom. The van der Waals surface area contributed by atoms with E-state index in [1.807, 2.05) is 50.2 Å². The van der Waals surface area contributed by atoms with Crippen molar-refractivity contribution in [3.63, 3.8) is 0 Å². The van der Waals surface area contributed by atoms with Crippen LogP contribution in [0.1, 0.15) is 26.6 Å². The van der Waals surface area contributed by atoms with Crippen LogP contribution in [-0.2, 0) is 22.6 Å². The van der Waals surface area contributed by atoms with Gasteiger partial charge < -0.3 is 4.74 Å². The summed E-state index contributed by atoms with van der Waals surface area (Å²) in [5, 5.41) is 0.955. The number of ether oxygens (including phenoxy) is 1. The maximum atomic E-state index is 12.3. The van der Waals surface area contributed by atoms with Crippen molar-refractivity contribution >= 4 is 17.3 Å². The average Bonchev–Trinajstić information content (AvgIpc) is 2.95. The van der Waals surface area contributed by atoms with Crippen LogP contribution >= 0.6 is 11.3 Å². The minimum absolute atomic E-state index is 0.224. The van der Waals surface area contributed by atoms with Gasteiger partial charge in [-0.1, -0.05) is 59.7 Å². The van der Waals surface area contributed by atoms with Crippen LogP contribution in [0.2, 0.25) is 0 Å². The molecule has 4 heteroatoms. The third-order valence-corrected chi connectivity index (χ3v) is 4.93. The molecule has 2 aromatic carbocycles. The molecule has 0 spiro atoms. The number of nitrogens with zero attached hydrogens (tertiary/aromatic N) is 1. The molecule has 0 radical (unpaired) electrons. The van der Waals surface area contributed by atoms with Gasteiger partial charge in [0.05, 0.1) is 17.1 Å². The molecule has 128 valence electrons. The van der Waals surface area contributed by atoms with Gasteiger partial charge in [-0.25, -0.2) is 4.98 Å². The van der Waals surface area contributed by atoms with E-state index in [2.05, 4.69) is 24.0 Å². The van der Waals surface area contributed by atoms with Gasteiger partial charge in [-0.05, 0) is 26.3 Å². The first kappa shape index (κ1) is 17.4. The van der Waals surface area contributed by atoms with Gasteiger partial charge in [0.2, 0.25) is 0 Å². The van der Waals surface area contributed by atoms with Gasteiger partial charge in [0.25, 0.3) is 0 Å². The molecule has 25 heavy (non-hydrogen) atoms. The van der Waals surface area contributed by atoms with Crippen molar-refractivity contribution in [3.8, 4) is 11.3 Å². The molecule has 0 aliphatic heterocycles. The lowest BCUT2D eigenvalue weighted by molar-refractivity contribution is -0.144. The molecule has 3 rings (SSSR count). The largest absolute Gasteiger partial charge is 0.461 e. The Bertz CT molecular complexity index is 864. The predicted molar refractivity (Wildman–Crippen MR) is 102 cm³/mol. The van der Waals surface area contributed by atoms with E-state index in [0.29, 0.717) is 6.61 Å². The van der Waals surface area contributed by atoms with E-state index in [4.69, 9.17) is 4.74 Å². The Balaban J connectivity index is 1.69. The van der Waals surface area contributed by atoms with E-state index in [1.54, 1.807) is 11.3 Å². The van der Waals surface area contributed by atoms with Crippen LogP contribution < -0.4 is 0 Å². The molecule has 1 aromatic heterocycles. The lowest BCUT2D eigenvalue weighted by Crippen LogP contribution is -2.07. The summed E-state index contributed by atoms with van der Waals surface area (Å²) < 4.78 is 5.43. The van der Waals surface area contributed by atoms with Gasteiger partial charge >= 0.3 is 5.97 Å². The van der Waals surface area contributed by atoms with Gasteiger partial charge in [0.15, 0.2) is 0 Å².